The van der Waals surface area contributed by atoms with E-state index in [0.29, 0.717) is 39.9 Å². The molecule has 7 nitrogen and oxygen atoms in total. The van der Waals surface area contributed by atoms with E-state index < -0.39 is 0 Å². The van der Waals surface area contributed by atoms with Crippen molar-refractivity contribution < 1.29 is 14.0 Å². The highest BCUT2D eigenvalue weighted by molar-refractivity contribution is 7.99. The molecule has 0 aliphatic heterocycles. The molecule has 2 N–H and O–H groups in total. The number of fused-ring (bicyclic) bond motifs is 1. The lowest BCUT2D eigenvalue weighted by atomic mass is 10.2. The maximum atomic E-state index is 12.7. The van der Waals surface area contributed by atoms with Gasteiger partial charge < -0.3 is 15.1 Å². The summed E-state index contributed by atoms with van der Waals surface area (Å²) in [6.45, 7) is 4.32. The molecule has 9 heteroatoms. The third-order valence-electron chi connectivity index (χ3n) is 4.88. The molecular weight excluding hydrogens is 444 g/mol. The molecule has 0 aliphatic carbocycles. The van der Waals surface area contributed by atoms with Crippen LogP contribution in [0.25, 0.3) is 11.1 Å². The lowest BCUT2D eigenvalue weighted by Crippen LogP contribution is -2.27. The van der Waals surface area contributed by atoms with Crippen LogP contribution in [0.1, 0.15) is 26.6 Å². The number of anilines is 1. The van der Waals surface area contributed by atoms with Gasteiger partial charge in [-0.25, -0.2) is 4.98 Å². The highest BCUT2D eigenvalue weighted by Gasteiger charge is 2.19. The fraction of sp³-hybridized carbons (Fsp3) is 0.217. The van der Waals surface area contributed by atoms with Gasteiger partial charge >= 0.3 is 0 Å². The first kappa shape index (κ1) is 22.0. The number of carbonyl (C=O) groups is 2. The molecule has 0 saturated heterocycles. The molecular formula is C23H22N4O3S2. The predicted molar refractivity (Wildman–Crippen MR) is 127 cm³/mol. The Labute approximate surface area is 193 Å². The van der Waals surface area contributed by atoms with Gasteiger partial charge in [-0.2, -0.15) is 4.98 Å². The highest BCUT2D eigenvalue weighted by Crippen LogP contribution is 2.31. The molecule has 0 spiro atoms. The van der Waals surface area contributed by atoms with Gasteiger partial charge in [-0.1, -0.05) is 36.0 Å². The first-order valence-electron chi connectivity index (χ1n) is 10.1. The normalized spacial score (nSPS) is 10.9. The second-order valence-corrected chi connectivity index (χ2v) is 9.08. The standard InChI is InChI=1S/C23H22N4O3S2/c1-14-15(2)30-22-19(14)20(25-21(29)16-7-4-3-5-8-16)26-23(27-22)32-13-18(28)24-11-10-17-9-6-12-31-17/h3-9,12H,10-11,13H2,1-2H3,(H,24,28)(H,25,26,27,29). The smallest absolute Gasteiger partial charge is 0.256 e. The molecule has 0 unspecified atom stereocenters. The molecule has 0 fully saturated rings. The summed E-state index contributed by atoms with van der Waals surface area (Å²) in [6.07, 6.45) is 0.803. The molecule has 4 rings (SSSR count). The molecule has 0 aliphatic rings. The minimum absolute atomic E-state index is 0.100. The molecule has 32 heavy (non-hydrogen) atoms. The average Bonchev–Trinajstić information content (AvgIpc) is 3.41. The van der Waals surface area contributed by atoms with Crippen molar-refractivity contribution in [3.05, 3.63) is 69.6 Å². The topological polar surface area (TPSA) is 97.1 Å². The zero-order valence-electron chi connectivity index (χ0n) is 17.7. The summed E-state index contributed by atoms with van der Waals surface area (Å²) in [5.41, 5.74) is 1.78. The summed E-state index contributed by atoms with van der Waals surface area (Å²) < 4.78 is 5.77. The summed E-state index contributed by atoms with van der Waals surface area (Å²) in [5, 5.41) is 8.83. The molecule has 0 atom stereocenters. The predicted octanol–water partition coefficient (Wildman–Crippen LogP) is 4.60. The minimum atomic E-state index is -0.272. The Balaban J connectivity index is 1.47. The third kappa shape index (κ3) is 5.17. The van der Waals surface area contributed by atoms with Gasteiger partial charge in [0.1, 0.15) is 11.6 Å². The number of rotatable bonds is 8. The largest absolute Gasteiger partial charge is 0.443 e. The Morgan fingerprint density at radius 2 is 1.91 bits per heavy atom. The van der Waals surface area contributed by atoms with Gasteiger partial charge in [0.25, 0.3) is 5.91 Å². The molecule has 1 aromatic carbocycles. The zero-order valence-corrected chi connectivity index (χ0v) is 19.3. The van der Waals surface area contributed by atoms with Gasteiger partial charge in [0, 0.05) is 22.5 Å². The molecule has 2 amide bonds. The monoisotopic (exact) mass is 466 g/mol. The number of aryl methyl sites for hydroxylation is 2. The van der Waals surface area contributed by atoms with E-state index >= 15 is 0 Å². The third-order valence-corrected chi connectivity index (χ3v) is 6.67. The van der Waals surface area contributed by atoms with Crippen LogP contribution in [0.2, 0.25) is 0 Å². The van der Waals surface area contributed by atoms with Crippen LogP contribution in [-0.2, 0) is 11.2 Å². The first-order valence-corrected chi connectivity index (χ1v) is 11.9. The lowest BCUT2D eigenvalue weighted by Gasteiger charge is -2.08. The maximum absolute atomic E-state index is 12.7. The fourth-order valence-corrected chi connectivity index (χ4v) is 4.49. The Morgan fingerprint density at radius 3 is 2.66 bits per heavy atom. The highest BCUT2D eigenvalue weighted by atomic mass is 32.2. The summed E-state index contributed by atoms with van der Waals surface area (Å²) in [5.74, 6) is 0.876. The van der Waals surface area contributed by atoms with Crippen LogP contribution >= 0.6 is 23.1 Å². The number of nitrogens with zero attached hydrogens (tertiary/aromatic N) is 2. The van der Waals surface area contributed by atoms with E-state index in [0.717, 1.165) is 12.0 Å². The number of furan rings is 1. The minimum Gasteiger partial charge on any atom is -0.443 e. The number of carbonyl (C=O) groups excluding carboxylic acids is 2. The maximum Gasteiger partial charge on any atom is 0.256 e. The van der Waals surface area contributed by atoms with E-state index in [1.54, 1.807) is 35.6 Å². The van der Waals surface area contributed by atoms with Crippen molar-refractivity contribution in [1.82, 2.24) is 15.3 Å². The number of amides is 2. The number of hydrogen-bond acceptors (Lipinski definition) is 7. The summed E-state index contributed by atoms with van der Waals surface area (Å²) in [6, 6.07) is 13.0. The number of benzene rings is 1. The van der Waals surface area contributed by atoms with Gasteiger partial charge in [-0.15, -0.1) is 11.3 Å². The van der Waals surface area contributed by atoms with Crippen LogP contribution < -0.4 is 10.6 Å². The van der Waals surface area contributed by atoms with Crippen molar-refractivity contribution in [2.75, 3.05) is 17.6 Å². The molecule has 0 radical (unpaired) electrons. The Hall–Kier alpha value is -3.17. The molecule has 0 bridgehead atoms. The average molecular weight is 467 g/mol. The van der Waals surface area contributed by atoms with Crippen LogP contribution in [0.5, 0.6) is 0 Å². The second kappa shape index (κ2) is 9.97. The van der Waals surface area contributed by atoms with E-state index in [1.807, 2.05) is 37.4 Å². The van der Waals surface area contributed by atoms with Crippen molar-refractivity contribution in [3.63, 3.8) is 0 Å². The SMILES string of the molecule is Cc1oc2nc(SCC(=O)NCCc3cccs3)nc(NC(=O)c3ccccc3)c2c1C. The van der Waals surface area contributed by atoms with Gasteiger partial charge in [0.2, 0.25) is 11.6 Å². The van der Waals surface area contributed by atoms with Gasteiger partial charge in [-0.3, -0.25) is 9.59 Å². The lowest BCUT2D eigenvalue weighted by molar-refractivity contribution is -0.118. The van der Waals surface area contributed by atoms with Crippen LogP contribution in [-0.4, -0.2) is 34.1 Å². The van der Waals surface area contributed by atoms with Gasteiger partial charge in [-0.05, 0) is 43.8 Å². The van der Waals surface area contributed by atoms with Crippen molar-refractivity contribution in [2.24, 2.45) is 0 Å². The molecule has 0 saturated carbocycles. The van der Waals surface area contributed by atoms with E-state index in [2.05, 4.69) is 20.6 Å². The number of nitrogens with one attached hydrogen (secondary N) is 2. The molecule has 3 heterocycles. The second-order valence-electron chi connectivity index (χ2n) is 7.11. The zero-order chi connectivity index (χ0) is 22.5. The molecule has 4 aromatic rings. The molecule has 164 valence electrons. The van der Waals surface area contributed by atoms with Crippen molar-refractivity contribution >= 4 is 51.8 Å². The van der Waals surface area contributed by atoms with E-state index in [-0.39, 0.29) is 17.6 Å². The Kier molecular flexibility index (Phi) is 6.87. The fourth-order valence-electron chi connectivity index (χ4n) is 3.12. The van der Waals surface area contributed by atoms with Crippen LogP contribution in [0.3, 0.4) is 0 Å². The number of thioether (sulfide) groups is 1. The Bertz CT molecular complexity index is 1240. The van der Waals surface area contributed by atoms with Crippen LogP contribution in [0.4, 0.5) is 5.82 Å². The van der Waals surface area contributed by atoms with Crippen molar-refractivity contribution in [1.29, 1.82) is 0 Å². The first-order chi connectivity index (χ1) is 15.5. The summed E-state index contributed by atoms with van der Waals surface area (Å²) in [4.78, 5) is 35.1. The number of hydrogen-bond donors (Lipinski definition) is 2. The number of aromatic nitrogens is 2. The van der Waals surface area contributed by atoms with E-state index in [9.17, 15) is 9.59 Å². The van der Waals surface area contributed by atoms with Crippen LogP contribution in [0, 0.1) is 13.8 Å². The van der Waals surface area contributed by atoms with E-state index in [1.165, 1.54) is 16.6 Å². The van der Waals surface area contributed by atoms with Crippen LogP contribution in [0.15, 0.2) is 57.4 Å². The molecule has 3 aromatic heterocycles. The summed E-state index contributed by atoms with van der Waals surface area (Å²) >= 11 is 2.87. The Morgan fingerprint density at radius 1 is 1.09 bits per heavy atom. The van der Waals surface area contributed by atoms with Crippen molar-refractivity contribution in [2.45, 2.75) is 25.4 Å². The van der Waals surface area contributed by atoms with Gasteiger partial charge in [0.15, 0.2) is 5.16 Å². The quantitative estimate of drug-likeness (QED) is 0.291. The van der Waals surface area contributed by atoms with Crippen molar-refractivity contribution in [3.8, 4) is 0 Å². The van der Waals surface area contributed by atoms with E-state index in [4.69, 9.17) is 4.42 Å². The summed E-state index contributed by atoms with van der Waals surface area (Å²) in [7, 11) is 0. The number of thiophene rings is 1. The van der Waals surface area contributed by atoms with Gasteiger partial charge in [0.05, 0.1) is 11.1 Å².